The van der Waals surface area contributed by atoms with E-state index in [1.165, 1.54) is 4.31 Å². The summed E-state index contributed by atoms with van der Waals surface area (Å²) in [6.07, 6.45) is 2.04. The molecular weight excluding hydrogens is 388 g/mol. The van der Waals surface area contributed by atoms with Gasteiger partial charge in [-0.25, -0.2) is 8.42 Å². The Morgan fingerprint density at radius 3 is 2.45 bits per heavy atom. The van der Waals surface area contributed by atoms with Crippen molar-refractivity contribution in [3.63, 3.8) is 0 Å². The van der Waals surface area contributed by atoms with Gasteiger partial charge in [0.05, 0.1) is 17.2 Å². The van der Waals surface area contributed by atoms with Crippen molar-refractivity contribution in [3.8, 4) is 5.75 Å². The number of amides is 1. The molecule has 1 aliphatic heterocycles. The predicted molar refractivity (Wildman–Crippen MR) is 114 cm³/mol. The summed E-state index contributed by atoms with van der Waals surface area (Å²) in [7, 11) is -3.88. The van der Waals surface area contributed by atoms with Gasteiger partial charge in [-0.05, 0) is 62.1 Å². The maximum absolute atomic E-state index is 13.3. The van der Waals surface area contributed by atoms with E-state index in [9.17, 15) is 13.2 Å². The van der Waals surface area contributed by atoms with E-state index in [1.807, 2.05) is 6.92 Å². The highest BCUT2D eigenvalue weighted by molar-refractivity contribution is 7.92. The maximum Gasteiger partial charge on any atom is 0.264 e. The molecular formula is C22H28N2O4S. The van der Waals surface area contributed by atoms with Crippen molar-refractivity contribution < 1.29 is 17.9 Å². The number of benzene rings is 2. The summed E-state index contributed by atoms with van der Waals surface area (Å²) in [6, 6.07) is 15.0. The molecule has 2 aromatic rings. The van der Waals surface area contributed by atoms with Gasteiger partial charge in [0.15, 0.2) is 0 Å². The second-order valence-electron chi connectivity index (χ2n) is 7.34. The third kappa shape index (κ3) is 5.09. The average Bonchev–Trinajstić information content (AvgIpc) is 2.73. The molecule has 1 fully saturated rings. The Morgan fingerprint density at radius 1 is 1.14 bits per heavy atom. The highest BCUT2D eigenvalue weighted by Gasteiger charge is 2.30. The van der Waals surface area contributed by atoms with E-state index in [0.717, 1.165) is 12.8 Å². The highest BCUT2D eigenvalue weighted by Crippen LogP contribution is 2.26. The van der Waals surface area contributed by atoms with Crippen molar-refractivity contribution >= 4 is 21.6 Å². The molecule has 0 aliphatic carbocycles. The first-order valence-electron chi connectivity index (χ1n) is 10.00. The number of carbonyl (C=O) groups excluding carboxylic acids is 1. The van der Waals surface area contributed by atoms with E-state index in [-0.39, 0.29) is 17.3 Å². The number of ether oxygens (including phenoxy) is 1. The SMILES string of the molecule is CCOc1ccc(N(CC(=O)N2CCC[C@H](C)C2)S(=O)(=O)c2ccccc2)cc1. The van der Waals surface area contributed by atoms with Crippen molar-refractivity contribution in [2.75, 3.05) is 30.5 Å². The van der Waals surface area contributed by atoms with Crippen LogP contribution in [0, 0.1) is 5.92 Å². The molecule has 1 atom stereocenters. The first kappa shape index (κ1) is 21.2. The second kappa shape index (κ2) is 9.31. The fourth-order valence-corrected chi connectivity index (χ4v) is 4.98. The molecule has 0 saturated carbocycles. The van der Waals surface area contributed by atoms with Crippen molar-refractivity contribution in [3.05, 3.63) is 54.6 Å². The molecule has 1 heterocycles. The van der Waals surface area contributed by atoms with E-state index in [2.05, 4.69) is 6.92 Å². The monoisotopic (exact) mass is 416 g/mol. The fraction of sp³-hybridized carbons (Fsp3) is 0.409. The zero-order chi connectivity index (χ0) is 20.9. The zero-order valence-electron chi connectivity index (χ0n) is 17.0. The molecule has 0 aromatic heterocycles. The Bertz CT molecular complexity index is 914. The van der Waals surface area contributed by atoms with Crippen molar-refractivity contribution in [2.24, 2.45) is 5.92 Å². The number of hydrogen-bond donors (Lipinski definition) is 0. The smallest absolute Gasteiger partial charge is 0.264 e. The number of hydrogen-bond acceptors (Lipinski definition) is 4. The number of likely N-dealkylation sites (tertiary alicyclic amines) is 1. The van der Waals surface area contributed by atoms with E-state index in [1.54, 1.807) is 59.5 Å². The number of carbonyl (C=O) groups is 1. The first-order valence-corrected chi connectivity index (χ1v) is 11.4. The molecule has 0 N–H and O–H groups in total. The molecule has 7 heteroatoms. The summed E-state index contributed by atoms with van der Waals surface area (Å²) < 4.78 is 33.3. The number of rotatable bonds is 7. The minimum absolute atomic E-state index is 0.161. The molecule has 0 spiro atoms. The summed E-state index contributed by atoms with van der Waals surface area (Å²) in [5.74, 6) is 0.909. The van der Waals surface area contributed by atoms with Crippen molar-refractivity contribution in [2.45, 2.75) is 31.6 Å². The van der Waals surface area contributed by atoms with E-state index in [0.29, 0.717) is 37.1 Å². The topological polar surface area (TPSA) is 66.9 Å². The minimum atomic E-state index is -3.88. The maximum atomic E-state index is 13.3. The van der Waals surface area contributed by atoms with Gasteiger partial charge in [0, 0.05) is 13.1 Å². The standard InChI is InChI=1S/C22H28N2O4S/c1-3-28-20-13-11-19(12-14-20)24(29(26,27)21-9-5-4-6-10-21)17-22(25)23-15-7-8-18(2)16-23/h4-6,9-14,18H,3,7-8,15-17H2,1-2H3/t18-/m0/s1. The van der Waals surface area contributed by atoms with Crippen LogP contribution in [0.1, 0.15) is 26.7 Å². The molecule has 2 aromatic carbocycles. The van der Waals surface area contributed by atoms with Gasteiger partial charge >= 0.3 is 0 Å². The number of anilines is 1. The summed E-state index contributed by atoms with van der Waals surface area (Å²) >= 11 is 0. The average molecular weight is 417 g/mol. The van der Waals surface area contributed by atoms with Gasteiger partial charge in [0.2, 0.25) is 5.91 Å². The number of sulfonamides is 1. The van der Waals surface area contributed by atoms with E-state index >= 15 is 0 Å². The zero-order valence-corrected chi connectivity index (χ0v) is 17.8. The van der Waals surface area contributed by atoms with Gasteiger partial charge in [-0.15, -0.1) is 0 Å². The normalized spacial score (nSPS) is 17.0. The van der Waals surface area contributed by atoms with Crippen LogP contribution in [0.15, 0.2) is 59.5 Å². The van der Waals surface area contributed by atoms with Crippen LogP contribution in [-0.2, 0) is 14.8 Å². The second-order valence-corrected chi connectivity index (χ2v) is 9.20. The van der Waals surface area contributed by atoms with E-state index < -0.39 is 10.0 Å². The molecule has 29 heavy (non-hydrogen) atoms. The summed E-state index contributed by atoms with van der Waals surface area (Å²) in [4.78, 5) is 14.9. The van der Waals surface area contributed by atoms with Crippen LogP contribution in [0.2, 0.25) is 0 Å². The molecule has 6 nitrogen and oxygen atoms in total. The van der Waals surface area contributed by atoms with Crippen LogP contribution in [0.25, 0.3) is 0 Å². The largest absolute Gasteiger partial charge is 0.494 e. The summed E-state index contributed by atoms with van der Waals surface area (Å²) in [5, 5.41) is 0. The van der Waals surface area contributed by atoms with Crippen LogP contribution in [0.5, 0.6) is 5.75 Å². The van der Waals surface area contributed by atoms with Crippen molar-refractivity contribution in [1.82, 2.24) is 4.90 Å². The van der Waals surface area contributed by atoms with Gasteiger partial charge in [0.1, 0.15) is 12.3 Å². The molecule has 1 saturated heterocycles. The highest BCUT2D eigenvalue weighted by atomic mass is 32.2. The molecule has 3 rings (SSSR count). The van der Waals surface area contributed by atoms with Gasteiger partial charge in [-0.1, -0.05) is 25.1 Å². The first-order chi connectivity index (χ1) is 13.9. The lowest BCUT2D eigenvalue weighted by Crippen LogP contribution is -2.46. The third-order valence-electron chi connectivity index (χ3n) is 5.06. The summed E-state index contributed by atoms with van der Waals surface area (Å²) in [6.45, 7) is 5.64. The molecule has 1 aliphatic rings. The fourth-order valence-electron chi connectivity index (χ4n) is 3.55. The van der Waals surface area contributed by atoms with Crippen molar-refractivity contribution in [1.29, 1.82) is 0 Å². The Morgan fingerprint density at radius 2 is 1.83 bits per heavy atom. The Labute approximate surface area is 173 Å². The Balaban J connectivity index is 1.92. The van der Waals surface area contributed by atoms with Crippen LogP contribution >= 0.6 is 0 Å². The third-order valence-corrected chi connectivity index (χ3v) is 6.84. The molecule has 1 amide bonds. The lowest BCUT2D eigenvalue weighted by atomic mass is 10.0. The Hall–Kier alpha value is -2.54. The van der Waals surface area contributed by atoms with Gasteiger partial charge in [0.25, 0.3) is 10.0 Å². The lowest BCUT2D eigenvalue weighted by molar-refractivity contribution is -0.131. The Kier molecular flexibility index (Phi) is 6.79. The van der Waals surface area contributed by atoms with E-state index in [4.69, 9.17) is 4.74 Å². The molecule has 156 valence electrons. The lowest BCUT2D eigenvalue weighted by Gasteiger charge is -2.33. The number of piperidine rings is 1. The molecule has 0 radical (unpaired) electrons. The summed E-state index contributed by atoms with van der Waals surface area (Å²) in [5.41, 5.74) is 0.440. The number of nitrogens with zero attached hydrogens (tertiary/aromatic N) is 2. The molecule has 0 bridgehead atoms. The quantitative estimate of drug-likeness (QED) is 0.692. The van der Waals surface area contributed by atoms with Crippen LogP contribution in [0.3, 0.4) is 0 Å². The van der Waals surface area contributed by atoms with Gasteiger partial charge < -0.3 is 9.64 Å². The minimum Gasteiger partial charge on any atom is -0.494 e. The predicted octanol–water partition coefficient (Wildman–Crippen LogP) is 3.54. The molecule has 0 unspecified atom stereocenters. The van der Waals surface area contributed by atoms with Gasteiger partial charge in [-0.3, -0.25) is 9.10 Å². The van der Waals surface area contributed by atoms with Gasteiger partial charge in [-0.2, -0.15) is 0 Å². The van der Waals surface area contributed by atoms with Crippen LogP contribution < -0.4 is 9.04 Å². The van der Waals surface area contributed by atoms with Crippen LogP contribution in [-0.4, -0.2) is 45.5 Å². The van der Waals surface area contributed by atoms with Crippen LogP contribution in [0.4, 0.5) is 5.69 Å².